The molecule has 1 aromatic rings. The van der Waals surface area contributed by atoms with Crippen molar-refractivity contribution >= 4 is 0 Å². The van der Waals surface area contributed by atoms with Crippen LogP contribution in [-0.4, -0.2) is 13.3 Å². The summed E-state index contributed by atoms with van der Waals surface area (Å²) in [7, 11) is 1.54. The molecule has 0 saturated carbocycles. The molecule has 0 aliphatic rings. The Morgan fingerprint density at radius 3 is 2.33 bits per heavy atom. The normalized spacial score (nSPS) is 12.8. The summed E-state index contributed by atoms with van der Waals surface area (Å²) in [6, 6.07) is 8.90. The second-order valence-corrected chi connectivity index (χ2v) is 4.03. The van der Waals surface area contributed by atoms with Gasteiger partial charge in [0.15, 0.2) is 0 Å². The van der Waals surface area contributed by atoms with Crippen LogP contribution in [0.1, 0.15) is 18.4 Å². The third kappa shape index (κ3) is 5.09. The molecule has 5 heteroatoms. The van der Waals surface area contributed by atoms with Gasteiger partial charge in [-0.1, -0.05) is 12.1 Å². The third-order valence-corrected chi connectivity index (χ3v) is 2.60. The fraction of sp³-hybridized carbons (Fsp3) is 0.462. The molecule has 0 amide bonds. The molecule has 0 aromatic heterocycles. The predicted molar refractivity (Wildman–Crippen MR) is 61.1 cm³/mol. The number of ether oxygens (including phenoxy) is 1. The van der Waals surface area contributed by atoms with E-state index >= 15 is 0 Å². The zero-order valence-corrected chi connectivity index (χ0v) is 10.00. The minimum absolute atomic E-state index is 0.161. The molecule has 0 bridgehead atoms. The summed E-state index contributed by atoms with van der Waals surface area (Å²) in [4.78, 5) is 0. The SMILES string of the molecule is COc1ccc(CC(C#N)CCC(F)(F)F)cc1. The van der Waals surface area contributed by atoms with Gasteiger partial charge in [-0.3, -0.25) is 0 Å². The van der Waals surface area contributed by atoms with Gasteiger partial charge in [-0.25, -0.2) is 0 Å². The van der Waals surface area contributed by atoms with Crippen molar-refractivity contribution in [2.75, 3.05) is 7.11 Å². The second-order valence-electron chi connectivity index (χ2n) is 4.03. The summed E-state index contributed by atoms with van der Waals surface area (Å²) in [6.45, 7) is 0. The highest BCUT2D eigenvalue weighted by atomic mass is 19.4. The Morgan fingerprint density at radius 1 is 1.28 bits per heavy atom. The van der Waals surface area contributed by atoms with Crippen molar-refractivity contribution < 1.29 is 17.9 Å². The molecule has 1 aromatic carbocycles. The molecular formula is C13H14F3NO. The van der Waals surface area contributed by atoms with Crippen LogP contribution >= 0.6 is 0 Å². The van der Waals surface area contributed by atoms with Crippen LogP contribution in [0.5, 0.6) is 5.75 Å². The number of hydrogen-bond acceptors (Lipinski definition) is 2. The van der Waals surface area contributed by atoms with Crippen LogP contribution in [0.25, 0.3) is 0 Å². The molecule has 0 spiro atoms. The van der Waals surface area contributed by atoms with Gasteiger partial charge in [0.2, 0.25) is 0 Å². The lowest BCUT2D eigenvalue weighted by molar-refractivity contribution is -0.136. The largest absolute Gasteiger partial charge is 0.497 e. The minimum atomic E-state index is -4.20. The van der Waals surface area contributed by atoms with Crippen molar-refractivity contribution in [3.8, 4) is 11.8 Å². The predicted octanol–water partition coefficient (Wildman–Crippen LogP) is 3.72. The van der Waals surface area contributed by atoms with Gasteiger partial charge in [0.25, 0.3) is 0 Å². The molecule has 0 radical (unpaired) electrons. The van der Waals surface area contributed by atoms with E-state index in [1.54, 1.807) is 24.3 Å². The first-order valence-electron chi connectivity index (χ1n) is 5.54. The maximum atomic E-state index is 12.1. The molecule has 0 N–H and O–H groups in total. The van der Waals surface area contributed by atoms with E-state index < -0.39 is 18.5 Å². The van der Waals surface area contributed by atoms with Gasteiger partial charge in [-0.05, 0) is 30.5 Å². The first-order chi connectivity index (χ1) is 8.44. The molecule has 0 saturated heterocycles. The molecule has 0 fully saturated rings. The van der Waals surface area contributed by atoms with Gasteiger partial charge < -0.3 is 4.74 Å². The van der Waals surface area contributed by atoms with E-state index in [0.717, 1.165) is 5.56 Å². The lowest BCUT2D eigenvalue weighted by Gasteiger charge is -2.11. The van der Waals surface area contributed by atoms with Crippen LogP contribution < -0.4 is 4.74 Å². The van der Waals surface area contributed by atoms with Crippen molar-refractivity contribution in [2.24, 2.45) is 5.92 Å². The number of alkyl halides is 3. The molecule has 1 unspecified atom stereocenters. The Balaban J connectivity index is 2.55. The number of rotatable bonds is 5. The first-order valence-corrected chi connectivity index (χ1v) is 5.54. The maximum Gasteiger partial charge on any atom is 0.389 e. The average Bonchev–Trinajstić information content (AvgIpc) is 2.34. The molecule has 0 heterocycles. The Bertz CT molecular complexity index is 406. The Kier molecular flexibility index (Phi) is 5.02. The van der Waals surface area contributed by atoms with Gasteiger partial charge >= 0.3 is 6.18 Å². The monoisotopic (exact) mass is 257 g/mol. The topological polar surface area (TPSA) is 33.0 Å². The van der Waals surface area contributed by atoms with Gasteiger partial charge in [-0.2, -0.15) is 18.4 Å². The van der Waals surface area contributed by atoms with Crippen molar-refractivity contribution in [3.05, 3.63) is 29.8 Å². The molecule has 1 atom stereocenters. The standard InChI is InChI=1S/C13H14F3NO/c1-18-12-4-2-10(3-5-12)8-11(9-17)6-7-13(14,15)16/h2-5,11H,6-8H2,1H3. The second kappa shape index (κ2) is 6.29. The summed E-state index contributed by atoms with van der Waals surface area (Å²) < 4.78 is 41.2. The van der Waals surface area contributed by atoms with Crippen molar-refractivity contribution in [3.63, 3.8) is 0 Å². The number of nitrogens with zero attached hydrogens (tertiary/aromatic N) is 1. The summed E-state index contributed by atoms with van der Waals surface area (Å²) in [5.74, 6) is 0.0718. The van der Waals surface area contributed by atoms with Crippen LogP contribution in [0.15, 0.2) is 24.3 Å². The fourth-order valence-electron chi connectivity index (χ4n) is 1.60. The Morgan fingerprint density at radius 2 is 1.89 bits per heavy atom. The zero-order valence-electron chi connectivity index (χ0n) is 10.00. The summed E-state index contributed by atoms with van der Waals surface area (Å²) >= 11 is 0. The van der Waals surface area contributed by atoms with Crippen LogP contribution in [0.3, 0.4) is 0 Å². The number of halogens is 3. The van der Waals surface area contributed by atoms with E-state index in [9.17, 15) is 13.2 Å². The summed E-state index contributed by atoms with van der Waals surface area (Å²) in [6.07, 6.45) is -4.95. The molecule has 18 heavy (non-hydrogen) atoms. The van der Waals surface area contributed by atoms with E-state index in [2.05, 4.69) is 0 Å². The third-order valence-electron chi connectivity index (χ3n) is 2.60. The van der Waals surface area contributed by atoms with Gasteiger partial charge in [0.05, 0.1) is 19.1 Å². The van der Waals surface area contributed by atoms with Crippen molar-refractivity contribution in [1.82, 2.24) is 0 Å². The van der Waals surface area contributed by atoms with E-state index in [0.29, 0.717) is 12.2 Å². The van der Waals surface area contributed by atoms with Crippen LogP contribution in [0, 0.1) is 17.2 Å². The molecular weight excluding hydrogens is 243 g/mol. The first kappa shape index (κ1) is 14.4. The van der Waals surface area contributed by atoms with Gasteiger partial charge in [0, 0.05) is 6.42 Å². The number of nitriles is 1. The Hall–Kier alpha value is -1.70. The molecule has 0 aliphatic carbocycles. The van der Waals surface area contributed by atoms with Crippen molar-refractivity contribution in [2.45, 2.75) is 25.4 Å². The lowest BCUT2D eigenvalue weighted by Crippen LogP contribution is -2.11. The summed E-state index contributed by atoms with van der Waals surface area (Å²) in [5, 5.41) is 8.84. The molecule has 98 valence electrons. The quantitative estimate of drug-likeness (QED) is 0.805. The molecule has 1 rings (SSSR count). The smallest absolute Gasteiger partial charge is 0.389 e. The molecule has 0 aliphatic heterocycles. The van der Waals surface area contributed by atoms with E-state index in [1.165, 1.54) is 7.11 Å². The van der Waals surface area contributed by atoms with E-state index in [1.807, 2.05) is 6.07 Å². The van der Waals surface area contributed by atoms with Crippen LogP contribution in [0.2, 0.25) is 0 Å². The molecule has 2 nitrogen and oxygen atoms in total. The van der Waals surface area contributed by atoms with Gasteiger partial charge in [0.1, 0.15) is 5.75 Å². The lowest BCUT2D eigenvalue weighted by atomic mass is 9.96. The highest BCUT2D eigenvalue weighted by Crippen LogP contribution is 2.25. The Labute approximate surface area is 104 Å². The minimum Gasteiger partial charge on any atom is -0.497 e. The highest BCUT2D eigenvalue weighted by molar-refractivity contribution is 5.27. The number of hydrogen-bond donors (Lipinski definition) is 0. The van der Waals surface area contributed by atoms with E-state index in [4.69, 9.17) is 10.00 Å². The summed E-state index contributed by atoms with van der Waals surface area (Å²) in [5.41, 5.74) is 0.838. The van der Waals surface area contributed by atoms with Gasteiger partial charge in [-0.15, -0.1) is 0 Å². The maximum absolute atomic E-state index is 12.1. The van der Waals surface area contributed by atoms with E-state index in [-0.39, 0.29) is 6.42 Å². The van der Waals surface area contributed by atoms with Crippen LogP contribution in [0.4, 0.5) is 13.2 Å². The highest BCUT2D eigenvalue weighted by Gasteiger charge is 2.28. The van der Waals surface area contributed by atoms with Crippen LogP contribution in [-0.2, 0) is 6.42 Å². The van der Waals surface area contributed by atoms with Crippen molar-refractivity contribution in [1.29, 1.82) is 5.26 Å². The fourth-order valence-corrected chi connectivity index (χ4v) is 1.60. The number of methoxy groups -OCH3 is 1. The number of benzene rings is 1. The zero-order chi connectivity index (χ0) is 13.6. The average molecular weight is 257 g/mol.